The quantitative estimate of drug-likeness (QED) is 0.864. The third-order valence-corrected chi connectivity index (χ3v) is 3.95. The summed E-state index contributed by atoms with van der Waals surface area (Å²) in [5.41, 5.74) is 6.14. The minimum Gasteiger partial charge on any atom is -0.330 e. The normalized spacial score (nSPS) is 20.6. The maximum absolute atomic E-state index is 13.2. The SMILES string of the molecule is NCC1(c2ccc3ccccc3c2)CC(F)(F)C1. The molecule has 2 aromatic carbocycles. The fourth-order valence-corrected chi connectivity index (χ4v) is 2.92. The first-order chi connectivity index (χ1) is 8.55. The average Bonchev–Trinajstić information content (AvgIpc) is 2.34. The van der Waals surface area contributed by atoms with Crippen molar-refractivity contribution < 1.29 is 8.78 Å². The van der Waals surface area contributed by atoms with Gasteiger partial charge in [0.2, 0.25) is 5.92 Å². The fourth-order valence-electron chi connectivity index (χ4n) is 2.92. The van der Waals surface area contributed by atoms with Crippen molar-refractivity contribution in [3.8, 4) is 0 Å². The van der Waals surface area contributed by atoms with Gasteiger partial charge in [0.25, 0.3) is 0 Å². The maximum Gasteiger partial charge on any atom is 0.250 e. The summed E-state index contributed by atoms with van der Waals surface area (Å²) in [5, 5.41) is 2.21. The van der Waals surface area contributed by atoms with Crippen LogP contribution in [0.3, 0.4) is 0 Å². The van der Waals surface area contributed by atoms with Gasteiger partial charge < -0.3 is 5.73 Å². The van der Waals surface area contributed by atoms with Crippen molar-refractivity contribution in [2.24, 2.45) is 5.73 Å². The third kappa shape index (κ3) is 1.70. The summed E-state index contributed by atoms with van der Waals surface area (Å²) in [6.07, 6.45) is -0.260. The highest BCUT2D eigenvalue weighted by molar-refractivity contribution is 5.83. The van der Waals surface area contributed by atoms with Crippen LogP contribution in [0.4, 0.5) is 8.78 Å². The van der Waals surface area contributed by atoms with E-state index in [2.05, 4.69) is 0 Å². The third-order valence-electron chi connectivity index (χ3n) is 3.95. The lowest BCUT2D eigenvalue weighted by atomic mass is 9.62. The average molecular weight is 247 g/mol. The Morgan fingerprint density at radius 1 is 1.00 bits per heavy atom. The zero-order valence-electron chi connectivity index (χ0n) is 10.00. The summed E-state index contributed by atoms with van der Waals surface area (Å²) in [5.74, 6) is -2.55. The molecule has 1 nitrogen and oxygen atoms in total. The van der Waals surface area contributed by atoms with Gasteiger partial charge in [-0.3, -0.25) is 0 Å². The standard InChI is InChI=1S/C15H15F2N/c16-15(17)8-14(9-15,10-18)13-6-5-11-3-1-2-4-12(11)7-13/h1-7H,8-10,18H2. The molecule has 1 aliphatic carbocycles. The molecule has 2 N–H and O–H groups in total. The Hall–Kier alpha value is -1.48. The molecular weight excluding hydrogens is 232 g/mol. The number of rotatable bonds is 2. The van der Waals surface area contributed by atoms with Crippen molar-refractivity contribution in [2.45, 2.75) is 24.2 Å². The highest BCUT2D eigenvalue weighted by Gasteiger charge is 2.56. The first-order valence-corrected chi connectivity index (χ1v) is 6.12. The number of halogens is 2. The lowest BCUT2D eigenvalue weighted by molar-refractivity contribution is -0.123. The van der Waals surface area contributed by atoms with Crippen LogP contribution in [0.25, 0.3) is 10.8 Å². The van der Waals surface area contributed by atoms with E-state index < -0.39 is 11.3 Å². The van der Waals surface area contributed by atoms with Crippen LogP contribution >= 0.6 is 0 Å². The van der Waals surface area contributed by atoms with Crippen molar-refractivity contribution in [2.75, 3.05) is 6.54 Å². The number of hydrogen-bond donors (Lipinski definition) is 1. The predicted molar refractivity (Wildman–Crippen MR) is 68.9 cm³/mol. The van der Waals surface area contributed by atoms with Gasteiger partial charge in [0.15, 0.2) is 0 Å². The molecule has 1 saturated carbocycles. The van der Waals surface area contributed by atoms with E-state index in [1.165, 1.54) is 0 Å². The number of fused-ring (bicyclic) bond motifs is 1. The van der Waals surface area contributed by atoms with Gasteiger partial charge in [-0.05, 0) is 16.3 Å². The smallest absolute Gasteiger partial charge is 0.250 e. The van der Waals surface area contributed by atoms with Gasteiger partial charge in [-0.1, -0.05) is 42.5 Å². The Bertz CT molecular complexity index is 584. The van der Waals surface area contributed by atoms with Crippen LogP contribution in [0.15, 0.2) is 42.5 Å². The molecular formula is C15H15F2N. The molecule has 0 saturated heterocycles. The van der Waals surface area contributed by atoms with E-state index in [4.69, 9.17) is 5.73 Å². The summed E-state index contributed by atoms with van der Waals surface area (Å²) in [7, 11) is 0. The second-order valence-electron chi connectivity index (χ2n) is 5.26. The molecule has 0 unspecified atom stereocenters. The molecule has 0 spiro atoms. The van der Waals surface area contributed by atoms with Gasteiger partial charge >= 0.3 is 0 Å². The topological polar surface area (TPSA) is 26.0 Å². The van der Waals surface area contributed by atoms with E-state index in [0.717, 1.165) is 16.3 Å². The Morgan fingerprint density at radius 3 is 2.28 bits per heavy atom. The van der Waals surface area contributed by atoms with E-state index in [1.807, 2.05) is 42.5 Å². The summed E-state index contributed by atoms with van der Waals surface area (Å²) < 4.78 is 26.3. The van der Waals surface area contributed by atoms with E-state index in [-0.39, 0.29) is 19.4 Å². The zero-order chi connectivity index (χ0) is 12.8. The molecule has 0 aliphatic heterocycles. The van der Waals surface area contributed by atoms with Crippen LogP contribution in [0.2, 0.25) is 0 Å². The predicted octanol–water partition coefficient (Wildman–Crippen LogP) is 3.47. The van der Waals surface area contributed by atoms with Crippen LogP contribution < -0.4 is 5.73 Å². The lowest BCUT2D eigenvalue weighted by Crippen LogP contribution is -2.53. The van der Waals surface area contributed by atoms with Crippen molar-refractivity contribution in [1.29, 1.82) is 0 Å². The highest BCUT2D eigenvalue weighted by Crippen LogP contribution is 2.53. The second-order valence-corrected chi connectivity index (χ2v) is 5.26. The van der Waals surface area contributed by atoms with Crippen LogP contribution in [-0.4, -0.2) is 12.5 Å². The second kappa shape index (κ2) is 3.75. The largest absolute Gasteiger partial charge is 0.330 e. The molecule has 1 fully saturated rings. The van der Waals surface area contributed by atoms with Gasteiger partial charge in [-0.2, -0.15) is 0 Å². The number of hydrogen-bond acceptors (Lipinski definition) is 1. The molecule has 1 aliphatic rings. The van der Waals surface area contributed by atoms with Gasteiger partial charge in [-0.25, -0.2) is 8.78 Å². The molecule has 18 heavy (non-hydrogen) atoms. The molecule has 0 aromatic heterocycles. The summed E-state index contributed by atoms with van der Waals surface area (Å²) in [6, 6.07) is 13.9. The number of nitrogens with two attached hydrogens (primary N) is 1. The minimum atomic E-state index is -2.55. The molecule has 2 aromatic rings. The van der Waals surface area contributed by atoms with Gasteiger partial charge in [0.05, 0.1) is 0 Å². The van der Waals surface area contributed by atoms with Gasteiger partial charge in [-0.15, -0.1) is 0 Å². The first kappa shape index (κ1) is 11.6. The molecule has 0 bridgehead atoms. The van der Waals surface area contributed by atoms with Crippen molar-refractivity contribution in [3.63, 3.8) is 0 Å². The highest BCUT2D eigenvalue weighted by atomic mass is 19.3. The van der Waals surface area contributed by atoms with E-state index in [1.54, 1.807) is 0 Å². The molecule has 94 valence electrons. The van der Waals surface area contributed by atoms with E-state index in [0.29, 0.717) is 0 Å². The molecule has 0 heterocycles. The van der Waals surface area contributed by atoms with E-state index in [9.17, 15) is 8.78 Å². The van der Waals surface area contributed by atoms with Crippen LogP contribution in [0.1, 0.15) is 18.4 Å². The van der Waals surface area contributed by atoms with Gasteiger partial charge in [0.1, 0.15) is 0 Å². The molecule has 3 rings (SSSR count). The van der Waals surface area contributed by atoms with E-state index >= 15 is 0 Å². The summed E-state index contributed by atoms with van der Waals surface area (Å²) in [6.45, 7) is 0.279. The molecule has 0 atom stereocenters. The molecule has 3 heteroatoms. The first-order valence-electron chi connectivity index (χ1n) is 6.12. The number of benzene rings is 2. The Balaban J connectivity index is 2.04. The van der Waals surface area contributed by atoms with Crippen LogP contribution in [-0.2, 0) is 5.41 Å². The van der Waals surface area contributed by atoms with Crippen LogP contribution in [0, 0.1) is 0 Å². The van der Waals surface area contributed by atoms with Crippen molar-refractivity contribution >= 4 is 10.8 Å². The minimum absolute atomic E-state index is 0.130. The molecule has 0 amide bonds. The maximum atomic E-state index is 13.2. The fraction of sp³-hybridized carbons (Fsp3) is 0.333. The Labute approximate surface area is 105 Å². The summed E-state index contributed by atoms with van der Waals surface area (Å²) >= 11 is 0. The monoisotopic (exact) mass is 247 g/mol. The summed E-state index contributed by atoms with van der Waals surface area (Å²) in [4.78, 5) is 0. The van der Waals surface area contributed by atoms with Crippen molar-refractivity contribution in [3.05, 3.63) is 48.0 Å². The van der Waals surface area contributed by atoms with Gasteiger partial charge in [0, 0.05) is 24.8 Å². The Kier molecular flexibility index (Phi) is 2.42. The molecule has 0 radical (unpaired) electrons. The van der Waals surface area contributed by atoms with Crippen LogP contribution in [0.5, 0.6) is 0 Å². The Morgan fingerprint density at radius 2 is 1.67 bits per heavy atom. The lowest BCUT2D eigenvalue weighted by Gasteiger charge is -2.47. The zero-order valence-corrected chi connectivity index (χ0v) is 10.00. The van der Waals surface area contributed by atoms with Crippen molar-refractivity contribution in [1.82, 2.24) is 0 Å². The number of alkyl halides is 2.